The molecule has 0 fully saturated rings. The second kappa shape index (κ2) is 8.21. The lowest BCUT2D eigenvalue weighted by Crippen LogP contribution is -2.43. The smallest absolute Gasteiger partial charge is 0.319 e. The summed E-state index contributed by atoms with van der Waals surface area (Å²) in [6.07, 6.45) is 0. The fourth-order valence-electron chi connectivity index (χ4n) is 2.58. The first kappa shape index (κ1) is 18.4. The van der Waals surface area contributed by atoms with Crippen LogP contribution in [0.15, 0.2) is 12.1 Å². The molecule has 0 saturated heterocycles. The Morgan fingerprint density at radius 1 is 1.42 bits per heavy atom. The molecule has 24 heavy (non-hydrogen) atoms. The highest BCUT2D eigenvalue weighted by Crippen LogP contribution is 2.36. The van der Waals surface area contributed by atoms with E-state index in [4.69, 9.17) is 16.3 Å². The van der Waals surface area contributed by atoms with Gasteiger partial charge in [0.15, 0.2) is 6.61 Å². The number of halogens is 1. The third-order valence-corrected chi connectivity index (χ3v) is 4.26. The molecular formula is C16H23ClN4O3. The van der Waals surface area contributed by atoms with E-state index in [2.05, 4.69) is 41.6 Å². The summed E-state index contributed by atoms with van der Waals surface area (Å²) in [7, 11) is 0. The van der Waals surface area contributed by atoms with Gasteiger partial charge in [0.25, 0.3) is 5.91 Å². The van der Waals surface area contributed by atoms with E-state index in [9.17, 15) is 9.59 Å². The SMILES string of the molecule is CCN(CC)C(C)CNC(=O)Nc1cc2c(cc1Cl)NC(=O)CO2. The maximum atomic E-state index is 12.1. The largest absolute Gasteiger partial charge is 0.482 e. The van der Waals surface area contributed by atoms with Crippen LogP contribution in [0.3, 0.4) is 0 Å². The highest BCUT2D eigenvalue weighted by atomic mass is 35.5. The molecule has 1 aliphatic heterocycles. The number of likely N-dealkylation sites (N-methyl/N-ethyl adjacent to an activating group) is 1. The zero-order valence-corrected chi connectivity index (χ0v) is 14.9. The van der Waals surface area contributed by atoms with E-state index in [0.29, 0.717) is 28.7 Å². The van der Waals surface area contributed by atoms with Crippen LogP contribution in [-0.4, -0.2) is 49.1 Å². The van der Waals surface area contributed by atoms with E-state index in [1.165, 1.54) is 0 Å². The van der Waals surface area contributed by atoms with Gasteiger partial charge in [-0.2, -0.15) is 0 Å². The summed E-state index contributed by atoms with van der Waals surface area (Å²) < 4.78 is 5.32. The summed E-state index contributed by atoms with van der Waals surface area (Å²) >= 11 is 6.15. The van der Waals surface area contributed by atoms with Crippen molar-refractivity contribution in [3.05, 3.63) is 17.2 Å². The van der Waals surface area contributed by atoms with Crippen LogP contribution in [-0.2, 0) is 4.79 Å². The van der Waals surface area contributed by atoms with E-state index in [0.717, 1.165) is 13.1 Å². The van der Waals surface area contributed by atoms with Gasteiger partial charge in [-0.25, -0.2) is 4.79 Å². The molecule has 1 aromatic rings. The van der Waals surface area contributed by atoms with Crippen LogP contribution in [0.1, 0.15) is 20.8 Å². The molecule has 0 spiro atoms. The predicted molar refractivity (Wildman–Crippen MR) is 95.0 cm³/mol. The number of carbonyl (C=O) groups excluding carboxylic acids is 2. The molecule has 8 heteroatoms. The highest BCUT2D eigenvalue weighted by Gasteiger charge is 2.19. The van der Waals surface area contributed by atoms with Crippen molar-refractivity contribution in [1.82, 2.24) is 10.2 Å². The van der Waals surface area contributed by atoms with Crippen molar-refractivity contribution in [2.24, 2.45) is 0 Å². The summed E-state index contributed by atoms with van der Waals surface area (Å²) in [5.41, 5.74) is 0.928. The first-order valence-electron chi connectivity index (χ1n) is 7.99. The van der Waals surface area contributed by atoms with E-state index in [-0.39, 0.29) is 24.6 Å². The number of anilines is 2. The Morgan fingerprint density at radius 2 is 2.12 bits per heavy atom. The van der Waals surface area contributed by atoms with Crippen molar-refractivity contribution in [2.75, 3.05) is 36.9 Å². The maximum absolute atomic E-state index is 12.1. The van der Waals surface area contributed by atoms with E-state index in [1.807, 2.05) is 0 Å². The molecule has 1 unspecified atom stereocenters. The minimum absolute atomic E-state index is 0.0539. The number of rotatable bonds is 6. The third-order valence-electron chi connectivity index (χ3n) is 3.94. The van der Waals surface area contributed by atoms with Crippen LogP contribution in [0, 0.1) is 0 Å². The van der Waals surface area contributed by atoms with Gasteiger partial charge in [-0.05, 0) is 26.1 Å². The first-order chi connectivity index (χ1) is 11.4. The number of hydrogen-bond acceptors (Lipinski definition) is 4. The molecule has 0 bridgehead atoms. The van der Waals surface area contributed by atoms with Crippen LogP contribution >= 0.6 is 11.6 Å². The zero-order valence-electron chi connectivity index (χ0n) is 14.1. The van der Waals surface area contributed by atoms with Gasteiger partial charge in [-0.3, -0.25) is 9.69 Å². The molecule has 3 N–H and O–H groups in total. The van der Waals surface area contributed by atoms with Crippen LogP contribution in [0.5, 0.6) is 5.75 Å². The number of urea groups is 1. The summed E-state index contributed by atoms with van der Waals surface area (Å²) in [5.74, 6) is 0.244. The monoisotopic (exact) mass is 354 g/mol. The highest BCUT2D eigenvalue weighted by molar-refractivity contribution is 6.34. The molecule has 132 valence electrons. The average molecular weight is 355 g/mol. The number of carbonyl (C=O) groups is 2. The molecular weight excluding hydrogens is 332 g/mol. The summed E-state index contributed by atoms with van der Waals surface area (Å²) in [6, 6.07) is 3.06. The zero-order chi connectivity index (χ0) is 17.7. The molecule has 1 atom stereocenters. The van der Waals surface area contributed by atoms with Gasteiger partial charge < -0.3 is 20.7 Å². The van der Waals surface area contributed by atoms with Crippen molar-refractivity contribution in [3.8, 4) is 5.75 Å². The molecule has 7 nitrogen and oxygen atoms in total. The van der Waals surface area contributed by atoms with Crippen LogP contribution in [0.2, 0.25) is 5.02 Å². The lowest BCUT2D eigenvalue weighted by molar-refractivity contribution is -0.118. The van der Waals surface area contributed by atoms with Crippen molar-refractivity contribution >= 4 is 34.9 Å². The standard InChI is InChI=1S/C16H23ClN4O3/c1-4-21(5-2)10(3)8-18-16(23)20-12-7-14-13(6-11(12)17)19-15(22)9-24-14/h6-7,10H,4-5,8-9H2,1-3H3,(H,19,22)(H2,18,20,23). The molecule has 1 heterocycles. The molecule has 0 saturated carbocycles. The average Bonchev–Trinajstić information content (AvgIpc) is 2.55. The Hall–Kier alpha value is -1.99. The number of nitrogens with zero attached hydrogens (tertiary/aromatic N) is 1. The van der Waals surface area contributed by atoms with Crippen molar-refractivity contribution in [1.29, 1.82) is 0 Å². The minimum Gasteiger partial charge on any atom is -0.482 e. The topological polar surface area (TPSA) is 82.7 Å². The van der Waals surface area contributed by atoms with E-state index in [1.54, 1.807) is 12.1 Å². The van der Waals surface area contributed by atoms with Crippen molar-refractivity contribution < 1.29 is 14.3 Å². The van der Waals surface area contributed by atoms with Gasteiger partial charge in [0.2, 0.25) is 0 Å². The predicted octanol–water partition coefficient (Wildman–Crippen LogP) is 2.52. The van der Waals surface area contributed by atoms with E-state index >= 15 is 0 Å². The van der Waals surface area contributed by atoms with Crippen molar-refractivity contribution in [3.63, 3.8) is 0 Å². The van der Waals surface area contributed by atoms with Crippen LogP contribution in [0.25, 0.3) is 0 Å². The number of amides is 3. The Morgan fingerprint density at radius 3 is 2.79 bits per heavy atom. The summed E-state index contributed by atoms with van der Waals surface area (Å²) in [5, 5.41) is 8.53. The first-order valence-corrected chi connectivity index (χ1v) is 8.37. The fourth-order valence-corrected chi connectivity index (χ4v) is 2.79. The van der Waals surface area contributed by atoms with Gasteiger partial charge in [0, 0.05) is 18.7 Å². The molecule has 3 amide bonds. The quantitative estimate of drug-likeness (QED) is 0.733. The molecule has 2 rings (SSSR count). The Kier molecular flexibility index (Phi) is 6.28. The molecule has 1 aromatic carbocycles. The Balaban J connectivity index is 1.96. The normalized spacial score (nSPS) is 14.5. The van der Waals surface area contributed by atoms with Gasteiger partial charge in [0.1, 0.15) is 5.75 Å². The third kappa shape index (κ3) is 4.52. The summed E-state index contributed by atoms with van der Waals surface area (Å²) in [6.45, 7) is 8.58. The van der Waals surface area contributed by atoms with Gasteiger partial charge >= 0.3 is 6.03 Å². The number of fused-ring (bicyclic) bond motifs is 1. The summed E-state index contributed by atoms with van der Waals surface area (Å²) in [4.78, 5) is 25.6. The fraction of sp³-hybridized carbons (Fsp3) is 0.500. The number of ether oxygens (including phenoxy) is 1. The Labute approximate surface area is 146 Å². The number of benzene rings is 1. The van der Waals surface area contributed by atoms with Gasteiger partial charge in [-0.1, -0.05) is 25.4 Å². The van der Waals surface area contributed by atoms with Gasteiger partial charge in [0.05, 0.1) is 16.4 Å². The lowest BCUT2D eigenvalue weighted by Gasteiger charge is -2.26. The van der Waals surface area contributed by atoms with Gasteiger partial charge in [-0.15, -0.1) is 0 Å². The van der Waals surface area contributed by atoms with Crippen LogP contribution in [0.4, 0.5) is 16.2 Å². The lowest BCUT2D eigenvalue weighted by atomic mass is 10.2. The maximum Gasteiger partial charge on any atom is 0.319 e. The molecule has 0 aliphatic carbocycles. The van der Waals surface area contributed by atoms with E-state index < -0.39 is 0 Å². The van der Waals surface area contributed by atoms with Crippen LogP contribution < -0.4 is 20.7 Å². The molecule has 1 aliphatic rings. The minimum atomic E-state index is -0.337. The Bertz CT molecular complexity index is 620. The molecule has 0 radical (unpaired) electrons. The molecule has 0 aromatic heterocycles. The second-order valence-corrected chi connectivity index (χ2v) is 5.98. The second-order valence-electron chi connectivity index (χ2n) is 5.57. The number of hydrogen-bond donors (Lipinski definition) is 3. The number of nitrogens with one attached hydrogen (secondary N) is 3. The van der Waals surface area contributed by atoms with Crippen molar-refractivity contribution in [2.45, 2.75) is 26.8 Å².